The van der Waals surface area contributed by atoms with Crippen molar-refractivity contribution in [3.05, 3.63) is 11.9 Å². The molecule has 1 aromatic rings. The van der Waals surface area contributed by atoms with Crippen LogP contribution >= 0.6 is 0 Å². The normalized spacial score (nSPS) is 11.2. The van der Waals surface area contributed by atoms with Crippen LogP contribution in [0.5, 0.6) is 0 Å². The van der Waals surface area contributed by atoms with Crippen LogP contribution in [0.3, 0.4) is 0 Å². The van der Waals surface area contributed by atoms with E-state index in [2.05, 4.69) is 41.4 Å². The number of anilines is 2. The summed E-state index contributed by atoms with van der Waals surface area (Å²) in [6.45, 7) is 8.19. The Morgan fingerprint density at radius 1 is 1.14 bits per heavy atom. The molecular formula is C10H18N4. The smallest absolute Gasteiger partial charge is 0.132 e. The molecule has 0 aliphatic rings. The van der Waals surface area contributed by atoms with Gasteiger partial charge in [-0.1, -0.05) is 0 Å². The first-order valence-corrected chi connectivity index (χ1v) is 4.72. The second-order valence-electron chi connectivity index (χ2n) is 4.31. The predicted octanol–water partition coefficient (Wildman–Crippen LogP) is 2.04. The van der Waals surface area contributed by atoms with E-state index in [0.717, 1.165) is 17.5 Å². The zero-order valence-corrected chi connectivity index (χ0v) is 9.47. The summed E-state index contributed by atoms with van der Waals surface area (Å²) in [7, 11) is 1.85. The molecule has 4 nitrogen and oxygen atoms in total. The second kappa shape index (κ2) is 3.82. The van der Waals surface area contributed by atoms with Crippen LogP contribution in [-0.2, 0) is 0 Å². The summed E-state index contributed by atoms with van der Waals surface area (Å²) in [6.07, 6.45) is 0. The number of aromatic nitrogens is 2. The van der Waals surface area contributed by atoms with Crippen molar-refractivity contribution >= 4 is 11.6 Å². The van der Waals surface area contributed by atoms with Crippen molar-refractivity contribution in [1.29, 1.82) is 0 Å². The molecule has 1 aromatic heterocycles. The van der Waals surface area contributed by atoms with Gasteiger partial charge in [-0.2, -0.15) is 0 Å². The monoisotopic (exact) mass is 194 g/mol. The van der Waals surface area contributed by atoms with Gasteiger partial charge in [0.25, 0.3) is 0 Å². The van der Waals surface area contributed by atoms with E-state index in [1.807, 2.05) is 20.0 Å². The van der Waals surface area contributed by atoms with E-state index in [4.69, 9.17) is 0 Å². The molecule has 0 unspecified atom stereocenters. The van der Waals surface area contributed by atoms with Crippen LogP contribution in [-0.4, -0.2) is 22.6 Å². The number of aryl methyl sites for hydroxylation is 1. The van der Waals surface area contributed by atoms with Gasteiger partial charge in [-0.25, -0.2) is 9.97 Å². The summed E-state index contributed by atoms with van der Waals surface area (Å²) in [6, 6.07) is 1.90. The first kappa shape index (κ1) is 10.8. The Morgan fingerprint density at radius 2 is 1.71 bits per heavy atom. The van der Waals surface area contributed by atoms with E-state index in [1.54, 1.807) is 0 Å². The van der Waals surface area contributed by atoms with E-state index < -0.39 is 0 Å². The number of hydrogen-bond donors (Lipinski definition) is 2. The zero-order chi connectivity index (χ0) is 10.8. The van der Waals surface area contributed by atoms with Crippen LogP contribution in [0.25, 0.3) is 0 Å². The Labute approximate surface area is 85.2 Å². The molecule has 14 heavy (non-hydrogen) atoms. The van der Waals surface area contributed by atoms with Crippen LogP contribution in [0.15, 0.2) is 6.07 Å². The lowest BCUT2D eigenvalue weighted by Crippen LogP contribution is -2.26. The zero-order valence-electron chi connectivity index (χ0n) is 9.47. The van der Waals surface area contributed by atoms with E-state index >= 15 is 0 Å². The van der Waals surface area contributed by atoms with Gasteiger partial charge < -0.3 is 10.6 Å². The molecule has 1 rings (SSSR count). The Hall–Kier alpha value is -1.32. The summed E-state index contributed by atoms with van der Waals surface area (Å²) in [5, 5.41) is 6.31. The lowest BCUT2D eigenvalue weighted by molar-refractivity contribution is 0.629. The minimum Gasteiger partial charge on any atom is -0.373 e. The van der Waals surface area contributed by atoms with E-state index in [0.29, 0.717) is 0 Å². The summed E-state index contributed by atoms with van der Waals surface area (Å²) in [4.78, 5) is 8.53. The van der Waals surface area contributed by atoms with Crippen molar-refractivity contribution in [2.45, 2.75) is 33.2 Å². The number of rotatable bonds is 2. The van der Waals surface area contributed by atoms with E-state index in [-0.39, 0.29) is 5.54 Å². The summed E-state index contributed by atoms with van der Waals surface area (Å²) < 4.78 is 0. The minimum absolute atomic E-state index is 0.0196. The fourth-order valence-electron chi connectivity index (χ4n) is 1.14. The first-order chi connectivity index (χ1) is 6.40. The van der Waals surface area contributed by atoms with Gasteiger partial charge in [-0.05, 0) is 27.7 Å². The first-order valence-electron chi connectivity index (χ1n) is 4.72. The molecule has 0 radical (unpaired) electrons. The fraction of sp³-hybridized carbons (Fsp3) is 0.600. The second-order valence-corrected chi connectivity index (χ2v) is 4.31. The molecule has 0 aromatic carbocycles. The highest BCUT2D eigenvalue weighted by molar-refractivity contribution is 5.48. The molecule has 0 amide bonds. The van der Waals surface area contributed by atoms with E-state index in [1.165, 1.54) is 0 Å². The molecule has 2 N–H and O–H groups in total. The number of hydrogen-bond acceptors (Lipinski definition) is 4. The highest BCUT2D eigenvalue weighted by Gasteiger charge is 2.10. The predicted molar refractivity (Wildman–Crippen MR) is 59.7 cm³/mol. The van der Waals surface area contributed by atoms with Gasteiger partial charge in [-0.3, -0.25) is 0 Å². The van der Waals surface area contributed by atoms with Crippen molar-refractivity contribution in [2.24, 2.45) is 0 Å². The van der Waals surface area contributed by atoms with Crippen molar-refractivity contribution in [3.63, 3.8) is 0 Å². The van der Waals surface area contributed by atoms with Crippen molar-refractivity contribution < 1.29 is 0 Å². The van der Waals surface area contributed by atoms with Crippen LogP contribution in [0.1, 0.15) is 26.6 Å². The molecule has 0 aliphatic carbocycles. The molecule has 0 saturated heterocycles. The maximum absolute atomic E-state index is 4.30. The molecule has 1 heterocycles. The molecular weight excluding hydrogens is 176 g/mol. The minimum atomic E-state index is 0.0196. The third kappa shape index (κ3) is 3.20. The molecule has 0 atom stereocenters. The summed E-state index contributed by atoms with van der Waals surface area (Å²) >= 11 is 0. The van der Waals surface area contributed by atoms with E-state index in [9.17, 15) is 0 Å². The SMILES string of the molecule is CNc1cc(NC(C)(C)C)nc(C)n1. The van der Waals surface area contributed by atoms with Crippen LogP contribution in [0, 0.1) is 6.92 Å². The van der Waals surface area contributed by atoms with Crippen LogP contribution < -0.4 is 10.6 Å². The Bertz CT molecular complexity index is 314. The number of nitrogens with zero attached hydrogens (tertiary/aromatic N) is 2. The highest BCUT2D eigenvalue weighted by atomic mass is 15.1. The third-order valence-corrected chi connectivity index (χ3v) is 1.60. The quantitative estimate of drug-likeness (QED) is 0.756. The van der Waals surface area contributed by atoms with Crippen molar-refractivity contribution in [1.82, 2.24) is 9.97 Å². The molecule has 0 spiro atoms. The van der Waals surface area contributed by atoms with Gasteiger partial charge in [0.1, 0.15) is 17.5 Å². The van der Waals surface area contributed by atoms with Crippen LogP contribution in [0.4, 0.5) is 11.6 Å². The Morgan fingerprint density at radius 3 is 2.21 bits per heavy atom. The lowest BCUT2D eigenvalue weighted by Gasteiger charge is -2.21. The molecule has 4 heteroatoms. The average Bonchev–Trinajstić information content (AvgIpc) is 1.99. The van der Waals surface area contributed by atoms with Crippen LogP contribution in [0.2, 0.25) is 0 Å². The molecule has 78 valence electrons. The van der Waals surface area contributed by atoms with Gasteiger partial charge in [0.2, 0.25) is 0 Å². The van der Waals surface area contributed by atoms with Gasteiger partial charge >= 0.3 is 0 Å². The fourth-order valence-corrected chi connectivity index (χ4v) is 1.14. The molecule has 0 aliphatic heterocycles. The molecule has 0 bridgehead atoms. The van der Waals surface area contributed by atoms with Gasteiger partial charge in [0.05, 0.1) is 0 Å². The van der Waals surface area contributed by atoms with Gasteiger partial charge in [0.15, 0.2) is 0 Å². The third-order valence-electron chi connectivity index (χ3n) is 1.60. The van der Waals surface area contributed by atoms with Gasteiger partial charge in [0, 0.05) is 18.7 Å². The van der Waals surface area contributed by atoms with Gasteiger partial charge in [-0.15, -0.1) is 0 Å². The topological polar surface area (TPSA) is 49.8 Å². The van der Waals surface area contributed by atoms with Crippen molar-refractivity contribution in [3.8, 4) is 0 Å². The summed E-state index contributed by atoms with van der Waals surface area (Å²) in [5.41, 5.74) is 0.0196. The standard InChI is InChI=1S/C10H18N4/c1-7-12-8(11-5)6-9(13-7)14-10(2,3)4/h6H,1-5H3,(H2,11,12,13,14). The molecule has 0 fully saturated rings. The maximum atomic E-state index is 4.30. The summed E-state index contributed by atoms with van der Waals surface area (Å²) in [5.74, 6) is 2.46. The van der Waals surface area contributed by atoms with Crippen molar-refractivity contribution in [2.75, 3.05) is 17.7 Å². The Balaban J connectivity index is 2.92. The average molecular weight is 194 g/mol. The molecule has 0 saturated carbocycles. The number of nitrogens with one attached hydrogen (secondary N) is 2. The Kier molecular flexibility index (Phi) is 2.93. The highest BCUT2D eigenvalue weighted by Crippen LogP contribution is 2.15. The largest absolute Gasteiger partial charge is 0.373 e. The maximum Gasteiger partial charge on any atom is 0.132 e. The lowest BCUT2D eigenvalue weighted by atomic mass is 10.1.